The molecule has 4 aromatic rings. The summed E-state index contributed by atoms with van der Waals surface area (Å²) < 4.78 is 74.0. The molecule has 0 spiro atoms. The number of aromatic nitrogens is 2. The number of aliphatic hydroxyl groups excluding tert-OH is 1. The molecule has 0 radical (unpaired) electrons. The number of rotatable bonds is 5. The minimum atomic E-state index is -4.86. The molecule has 2 aromatic carbocycles. The smallest absolute Gasteiger partial charge is 0.382 e. The molecule has 3 heterocycles. The van der Waals surface area contributed by atoms with Gasteiger partial charge in [0, 0.05) is 35.3 Å². The molecule has 40 heavy (non-hydrogen) atoms. The van der Waals surface area contributed by atoms with Crippen molar-refractivity contribution in [2.24, 2.45) is 0 Å². The lowest BCUT2D eigenvalue weighted by atomic mass is 10.0. The van der Waals surface area contributed by atoms with Crippen LogP contribution in [0.25, 0.3) is 10.9 Å². The van der Waals surface area contributed by atoms with Gasteiger partial charge in [-0.05, 0) is 36.4 Å². The fourth-order valence-corrected chi connectivity index (χ4v) is 6.70. The van der Waals surface area contributed by atoms with Crippen LogP contribution in [0.2, 0.25) is 10.0 Å². The van der Waals surface area contributed by atoms with Crippen molar-refractivity contribution in [3.05, 3.63) is 93.4 Å². The molecular formula is C26H20Cl2F3N3O5S. The lowest BCUT2D eigenvalue weighted by Crippen LogP contribution is -2.40. The first-order valence-corrected chi connectivity index (χ1v) is 14.0. The Kier molecular flexibility index (Phi) is 7.57. The van der Waals surface area contributed by atoms with Gasteiger partial charge in [-0.3, -0.25) is 9.78 Å². The van der Waals surface area contributed by atoms with Gasteiger partial charge in [-0.15, -0.1) is 0 Å². The Morgan fingerprint density at radius 3 is 2.38 bits per heavy atom. The summed E-state index contributed by atoms with van der Waals surface area (Å²) in [6.45, 7) is 1.29. The fourth-order valence-electron chi connectivity index (χ4n) is 4.48. The van der Waals surface area contributed by atoms with E-state index in [1.165, 1.54) is 47.4 Å². The van der Waals surface area contributed by atoms with Crippen LogP contribution >= 0.6 is 23.2 Å². The molecule has 2 aromatic heterocycles. The fraction of sp³-hybridized carbons (Fsp3) is 0.231. The highest BCUT2D eigenvalue weighted by Gasteiger charge is 2.36. The summed E-state index contributed by atoms with van der Waals surface area (Å²) in [6.07, 6.45) is -5.86. The van der Waals surface area contributed by atoms with Gasteiger partial charge in [0.1, 0.15) is 11.8 Å². The number of alkyl halides is 3. The number of ether oxygens (including phenoxy) is 1. The molecule has 1 aliphatic heterocycles. The second-order valence-corrected chi connectivity index (χ2v) is 11.5. The predicted octanol–water partition coefficient (Wildman–Crippen LogP) is 5.15. The summed E-state index contributed by atoms with van der Waals surface area (Å²) >= 11 is 13.0. The first-order valence-electron chi connectivity index (χ1n) is 11.8. The van der Waals surface area contributed by atoms with E-state index in [0.29, 0.717) is 36.3 Å². The zero-order chi connectivity index (χ0) is 28.8. The summed E-state index contributed by atoms with van der Waals surface area (Å²) in [5, 5.41) is 11.3. The van der Waals surface area contributed by atoms with E-state index >= 15 is 0 Å². The molecule has 1 saturated heterocycles. The van der Waals surface area contributed by atoms with Gasteiger partial charge in [-0.25, -0.2) is 12.4 Å². The first-order chi connectivity index (χ1) is 18.9. The third-order valence-corrected chi connectivity index (χ3v) is 8.94. The van der Waals surface area contributed by atoms with E-state index in [4.69, 9.17) is 27.9 Å². The Morgan fingerprint density at radius 1 is 1.05 bits per heavy atom. The number of hydrogen-bond donors (Lipinski definition) is 1. The van der Waals surface area contributed by atoms with Crippen LogP contribution in [0, 0.1) is 0 Å². The van der Waals surface area contributed by atoms with E-state index in [1.54, 1.807) is 6.07 Å². The maximum absolute atomic E-state index is 13.8. The van der Waals surface area contributed by atoms with Crippen molar-refractivity contribution >= 4 is 50.0 Å². The Morgan fingerprint density at radius 2 is 1.73 bits per heavy atom. The highest BCUT2D eigenvalue weighted by molar-refractivity contribution is 7.90. The van der Waals surface area contributed by atoms with Crippen LogP contribution in [-0.2, 0) is 20.9 Å². The van der Waals surface area contributed by atoms with Crippen molar-refractivity contribution in [1.82, 2.24) is 13.9 Å². The third-order valence-electron chi connectivity index (χ3n) is 6.45. The molecule has 5 rings (SSSR count). The molecule has 210 valence electrons. The van der Waals surface area contributed by atoms with E-state index in [2.05, 4.69) is 4.98 Å². The number of fused-ring (bicyclic) bond motifs is 1. The number of morpholine rings is 1. The van der Waals surface area contributed by atoms with Crippen LogP contribution in [0.5, 0.6) is 0 Å². The Hall–Kier alpha value is -3.16. The van der Waals surface area contributed by atoms with E-state index < -0.39 is 33.9 Å². The van der Waals surface area contributed by atoms with Crippen LogP contribution in [-0.4, -0.2) is 59.6 Å². The number of benzene rings is 2. The minimum Gasteiger partial charge on any atom is -0.382 e. The van der Waals surface area contributed by atoms with Crippen molar-refractivity contribution < 1.29 is 36.2 Å². The Balaban J connectivity index is 1.72. The van der Waals surface area contributed by atoms with Crippen molar-refractivity contribution in [1.29, 1.82) is 0 Å². The summed E-state index contributed by atoms with van der Waals surface area (Å²) in [5.41, 5.74) is -2.21. The molecule has 1 aliphatic rings. The molecule has 1 amide bonds. The maximum Gasteiger partial charge on any atom is 0.433 e. The standard InChI is InChI=1S/C26H20Cl2F3N3O5S/c27-18-7-6-17(25(36)33-8-10-39-11-9-33)23(28)22(18)24(35)20-12-15-14-32-21(26(29,30)31)13-19(15)34(20)40(37,38)16-4-2-1-3-5-16/h1-7,12-14,24,35H,8-11H2. The maximum atomic E-state index is 13.8. The average Bonchev–Trinajstić information content (AvgIpc) is 3.33. The second-order valence-electron chi connectivity index (χ2n) is 8.91. The molecule has 1 atom stereocenters. The molecule has 8 nitrogen and oxygen atoms in total. The first kappa shape index (κ1) is 28.4. The summed E-state index contributed by atoms with van der Waals surface area (Å²) in [5.74, 6) is -0.449. The number of carbonyl (C=O) groups is 1. The summed E-state index contributed by atoms with van der Waals surface area (Å²) in [7, 11) is -4.55. The van der Waals surface area contributed by atoms with Gasteiger partial charge in [0.15, 0.2) is 0 Å². The quantitative estimate of drug-likeness (QED) is 0.334. The van der Waals surface area contributed by atoms with Crippen LogP contribution in [0.3, 0.4) is 0 Å². The Labute approximate surface area is 236 Å². The zero-order valence-electron chi connectivity index (χ0n) is 20.4. The number of halogens is 5. The summed E-state index contributed by atoms with van der Waals surface area (Å²) in [4.78, 5) is 17.9. The van der Waals surface area contributed by atoms with Crippen molar-refractivity contribution in [2.45, 2.75) is 17.2 Å². The van der Waals surface area contributed by atoms with Gasteiger partial charge in [0.05, 0.1) is 39.9 Å². The molecule has 1 fully saturated rings. The van der Waals surface area contributed by atoms with E-state index in [1.807, 2.05) is 0 Å². The number of nitrogens with zero attached hydrogens (tertiary/aromatic N) is 3. The normalized spacial score (nSPS) is 15.4. The molecule has 1 N–H and O–H groups in total. The van der Waals surface area contributed by atoms with Gasteiger partial charge >= 0.3 is 6.18 Å². The van der Waals surface area contributed by atoms with Crippen molar-refractivity contribution in [3.8, 4) is 0 Å². The number of aliphatic hydroxyl groups is 1. The third kappa shape index (κ3) is 5.06. The van der Waals surface area contributed by atoms with E-state index in [-0.39, 0.29) is 42.7 Å². The molecule has 0 aliphatic carbocycles. The lowest BCUT2D eigenvalue weighted by molar-refractivity contribution is -0.141. The highest BCUT2D eigenvalue weighted by atomic mass is 35.5. The monoisotopic (exact) mass is 613 g/mol. The van der Waals surface area contributed by atoms with Gasteiger partial charge in [0.25, 0.3) is 15.9 Å². The van der Waals surface area contributed by atoms with Crippen LogP contribution in [0.1, 0.15) is 33.4 Å². The van der Waals surface area contributed by atoms with Crippen LogP contribution < -0.4 is 0 Å². The van der Waals surface area contributed by atoms with E-state index in [9.17, 15) is 31.5 Å². The van der Waals surface area contributed by atoms with Gasteiger partial charge < -0.3 is 14.7 Å². The number of carbonyl (C=O) groups excluding carboxylic acids is 1. The largest absolute Gasteiger partial charge is 0.433 e. The number of amides is 1. The van der Waals surface area contributed by atoms with Gasteiger partial charge in [-0.2, -0.15) is 13.2 Å². The molecule has 0 bridgehead atoms. The SMILES string of the molecule is O=C(c1ccc(Cl)c(C(O)c2cc3cnc(C(F)(F)F)cc3n2S(=O)(=O)c2ccccc2)c1Cl)N1CCOCC1. The van der Waals surface area contributed by atoms with Crippen molar-refractivity contribution in [3.63, 3.8) is 0 Å². The number of hydrogen-bond acceptors (Lipinski definition) is 6. The van der Waals surface area contributed by atoms with Crippen molar-refractivity contribution in [2.75, 3.05) is 26.3 Å². The topological polar surface area (TPSA) is 102 Å². The summed E-state index contributed by atoms with van der Waals surface area (Å²) in [6, 6.07) is 11.5. The second kappa shape index (κ2) is 10.7. The zero-order valence-corrected chi connectivity index (χ0v) is 22.7. The van der Waals surface area contributed by atoms with Gasteiger partial charge in [-0.1, -0.05) is 41.4 Å². The highest BCUT2D eigenvalue weighted by Crippen LogP contribution is 2.40. The van der Waals surface area contributed by atoms with Crippen LogP contribution in [0.4, 0.5) is 13.2 Å². The molecule has 0 saturated carbocycles. The van der Waals surface area contributed by atoms with Crippen LogP contribution in [0.15, 0.2) is 65.7 Å². The molecule has 14 heteroatoms. The lowest BCUT2D eigenvalue weighted by Gasteiger charge is -2.28. The average molecular weight is 614 g/mol. The number of pyridine rings is 1. The van der Waals surface area contributed by atoms with E-state index in [0.717, 1.165) is 6.20 Å². The molecular weight excluding hydrogens is 594 g/mol. The minimum absolute atomic E-state index is 0.00866. The van der Waals surface area contributed by atoms with Gasteiger partial charge in [0.2, 0.25) is 0 Å². The molecule has 1 unspecified atom stereocenters. The Bertz CT molecular complexity index is 1710. The predicted molar refractivity (Wildman–Crippen MR) is 141 cm³/mol.